The Morgan fingerprint density at radius 3 is 2.40 bits per heavy atom. The number of ether oxygens (including phenoxy) is 2. The molecule has 0 aliphatic carbocycles. The number of carbonyl (C=O) groups is 1. The molecule has 2 aromatic carbocycles. The molecule has 0 N–H and O–H groups in total. The zero-order valence-electron chi connectivity index (χ0n) is 11.8. The summed E-state index contributed by atoms with van der Waals surface area (Å²) in [5.41, 5.74) is 2.02. The summed E-state index contributed by atoms with van der Waals surface area (Å²) in [7, 11) is 1.61. The average Bonchev–Trinajstić information content (AvgIpc) is 2.46. The van der Waals surface area contributed by atoms with Crippen molar-refractivity contribution in [3.05, 3.63) is 59.7 Å². The number of Topliss-reactive ketones (excluding diaryl/α,β-unsaturated/α-hetero) is 1. The van der Waals surface area contributed by atoms with Crippen molar-refractivity contribution in [2.75, 3.05) is 7.11 Å². The molecule has 0 spiro atoms. The quantitative estimate of drug-likeness (QED) is 0.807. The van der Waals surface area contributed by atoms with Crippen LogP contribution in [-0.2, 0) is 17.8 Å². The Morgan fingerprint density at radius 2 is 1.75 bits per heavy atom. The van der Waals surface area contributed by atoms with Gasteiger partial charge in [-0.1, -0.05) is 36.4 Å². The molecular weight excluding hydrogens is 252 g/mol. The maximum atomic E-state index is 11.2. The minimum atomic E-state index is 0.129. The molecule has 104 valence electrons. The predicted octanol–water partition coefficient (Wildman–Crippen LogP) is 3.41. The van der Waals surface area contributed by atoms with Crippen molar-refractivity contribution in [1.29, 1.82) is 0 Å². The van der Waals surface area contributed by atoms with E-state index in [9.17, 15) is 4.79 Å². The van der Waals surface area contributed by atoms with E-state index in [1.807, 2.05) is 48.5 Å². The third kappa shape index (κ3) is 3.85. The third-order valence-electron chi connectivity index (χ3n) is 2.92. The second kappa shape index (κ2) is 6.75. The molecule has 3 nitrogen and oxygen atoms in total. The fourth-order valence-corrected chi connectivity index (χ4v) is 1.97. The van der Waals surface area contributed by atoms with Crippen molar-refractivity contribution < 1.29 is 14.3 Å². The fraction of sp³-hybridized carbons (Fsp3) is 0.235. The molecule has 2 rings (SSSR count). The molecule has 0 bridgehead atoms. The number of benzene rings is 2. The van der Waals surface area contributed by atoms with Gasteiger partial charge in [0.2, 0.25) is 0 Å². The smallest absolute Gasteiger partial charge is 0.161 e. The van der Waals surface area contributed by atoms with Gasteiger partial charge in [-0.25, -0.2) is 0 Å². The van der Waals surface area contributed by atoms with Gasteiger partial charge in [0.1, 0.15) is 12.4 Å². The van der Waals surface area contributed by atoms with Crippen molar-refractivity contribution >= 4 is 5.78 Å². The Labute approximate surface area is 119 Å². The zero-order chi connectivity index (χ0) is 14.4. The molecule has 2 aromatic rings. The van der Waals surface area contributed by atoms with E-state index < -0.39 is 0 Å². The molecule has 0 aromatic heterocycles. The standard InChI is InChI=1S/C17H18O3/c1-13(18)10-15-8-9-16(19-2)17(11-15)20-12-14-6-4-3-5-7-14/h3-9,11H,10,12H2,1-2H3. The van der Waals surface area contributed by atoms with Crippen LogP contribution in [0, 0.1) is 0 Å². The summed E-state index contributed by atoms with van der Waals surface area (Å²) in [5, 5.41) is 0. The van der Waals surface area contributed by atoms with Crippen LogP contribution in [0.4, 0.5) is 0 Å². The predicted molar refractivity (Wildman–Crippen MR) is 78.2 cm³/mol. The molecule has 0 amide bonds. The number of hydrogen-bond acceptors (Lipinski definition) is 3. The first-order chi connectivity index (χ1) is 9.69. The summed E-state index contributed by atoms with van der Waals surface area (Å²) in [6.07, 6.45) is 0.408. The van der Waals surface area contributed by atoms with Crippen LogP contribution in [0.15, 0.2) is 48.5 Å². The van der Waals surface area contributed by atoms with Crippen LogP contribution in [-0.4, -0.2) is 12.9 Å². The van der Waals surface area contributed by atoms with E-state index in [0.29, 0.717) is 24.5 Å². The van der Waals surface area contributed by atoms with E-state index in [4.69, 9.17) is 9.47 Å². The second-order valence-corrected chi connectivity index (χ2v) is 4.64. The molecule has 0 unspecified atom stereocenters. The highest BCUT2D eigenvalue weighted by Crippen LogP contribution is 2.29. The van der Waals surface area contributed by atoms with Gasteiger partial charge in [-0.2, -0.15) is 0 Å². The van der Waals surface area contributed by atoms with Crippen molar-refractivity contribution in [2.24, 2.45) is 0 Å². The van der Waals surface area contributed by atoms with Gasteiger partial charge < -0.3 is 9.47 Å². The summed E-state index contributed by atoms with van der Waals surface area (Å²) < 4.78 is 11.1. The Morgan fingerprint density at radius 1 is 1.00 bits per heavy atom. The first-order valence-electron chi connectivity index (χ1n) is 6.52. The van der Waals surface area contributed by atoms with Crippen molar-refractivity contribution in [3.8, 4) is 11.5 Å². The van der Waals surface area contributed by atoms with Gasteiger partial charge in [0, 0.05) is 6.42 Å². The average molecular weight is 270 g/mol. The topological polar surface area (TPSA) is 35.5 Å². The summed E-state index contributed by atoms with van der Waals surface area (Å²) in [6.45, 7) is 2.05. The van der Waals surface area contributed by atoms with Crippen LogP contribution in [0.1, 0.15) is 18.1 Å². The first kappa shape index (κ1) is 14.1. The molecule has 3 heteroatoms. The SMILES string of the molecule is COc1ccc(CC(C)=O)cc1OCc1ccccc1. The third-order valence-corrected chi connectivity index (χ3v) is 2.92. The molecule has 0 radical (unpaired) electrons. The minimum absolute atomic E-state index is 0.129. The van der Waals surface area contributed by atoms with Crippen LogP contribution in [0.25, 0.3) is 0 Å². The van der Waals surface area contributed by atoms with Gasteiger partial charge in [-0.05, 0) is 30.2 Å². The Balaban J connectivity index is 2.13. The molecule has 0 aliphatic rings. The maximum Gasteiger partial charge on any atom is 0.161 e. The van der Waals surface area contributed by atoms with E-state index in [-0.39, 0.29) is 5.78 Å². The number of methoxy groups -OCH3 is 1. The van der Waals surface area contributed by atoms with Gasteiger partial charge in [-0.3, -0.25) is 4.79 Å². The highest BCUT2D eigenvalue weighted by molar-refractivity contribution is 5.78. The molecule has 0 heterocycles. The van der Waals surface area contributed by atoms with Gasteiger partial charge in [0.25, 0.3) is 0 Å². The van der Waals surface area contributed by atoms with Crippen molar-refractivity contribution in [3.63, 3.8) is 0 Å². The largest absolute Gasteiger partial charge is 0.493 e. The maximum absolute atomic E-state index is 11.2. The summed E-state index contributed by atoms with van der Waals surface area (Å²) in [5.74, 6) is 1.47. The molecule has 0 fully saturated rings. The van der Waals surface area contributed by atoms with E-state index in [0.717, 1.165) is 11.1 Å². The number of ketones is 1. The van der Waals surface area contributed by atoms with Crippen LogP contribution in [0.2, 0.25) is 0 Å². The lowest BCUT2D eigenvalue weighted by Gasteiger charge is -2.12. The summed E-state index contributed by atoms with van der Waals surface area (Å²) in [6, 6.07) is 15.5. The van der Waals surface area contributed by atoms with E-state index >= 15 is 0 Å². The highest BCUT2D eigenvalue weighted by Gasteiger charge is 2.07. The van der Waals surface area contributed by atoms with Gasteiger partial charge in [0.05, 0.1) is 7.11 Å². The zero-order valence-corrected chi connectivity index (χ0v) is 11.8. The number of hydrogen-bond donors (Lipinski definition) is 0. The van der Waals surface area contributed by atoms with Crippen LogP contribution in [0.3, 0.4) is 0 Å². The molecule has 0 aliphatic heterocycles. The van der Waals surface area contributed by atoms with Crippen LogP contribution in [0.5, 0.6) is 11.5 Å². The summed E-state index contributed by atoms with van der Waals surface area (Å²) >= 11 is 0. The van der Waals surface area contributed by atoms with Crippen LogP contribution < -0.4 is 9.47 Å². The van der Waals surface area contributed by atoms with E-state index in [2.05, 4.69) is 0 Å². The van der Waals surface area contributed by atoms with E-state index in [1.165, 1.54) is 0 Å². The fourth-order valence-electron chi connectivity index (χ4n) is 1.97. The lowest BCUT2D eigenvalue weighted by molar-refractivity contribution is -0.116. The normalized spacial score (nSPS) is 10.1. The monoisotopic (exact) mass is 270 g/mol. The summed E-state index contributed by atoms with van der Waals surface area (Å²) in [4.78, 5) is 11.2. The number of rotatable bonds is 6. The van der Waals surface area contributed by atoms with Gasteiger partial charge in [-0.15, -0.1) is 0 Å². The molecular formula is C17H18O3. The lowest BCUT2D eigenvalue weighted by atomic mass is 10.1. The minimum Gasteiger partial charge on any atom is -0.493 e. The highest BCUT2D eigenvalue weighted by atomic mass is 16.5. The molecule has 0 saturated carbocycles. The molecule has 20 heavy (non-hydrogen) atoms. The second-order valence-electron chi connectivity index (χ2n) is 4.64. The van der Waals surface area contributed by atoms with Gasteiger partial charge in [0.15, 0.2) is 11.5 Å². The first-order valence-corrected chi connectivity index (χ1v) is 6.52. The van der Waals surface area contributed by atoms with Crippen molar-refractivity contribution in [2.45, 2.75) is 20.0 Å². The van der Waals surface area contributed by atoms with E-state index in [1.54, 1.807) is 14.0 Å². The molecule has 0 saturated heterocycles. The van der Waals surface area contributed by atoms with Crippen molar-refractivity contribution in [1.82, 2.24) is 0 Å². The van der Waals surface area contributed by atoms with Crippen LogP contribution >= 0.6 is 0 Å². The van der Waals surface area contributed by atoms with Gasteiger partial charge >= 0.3 is 0 Å². The Bertz CT molecular complexity index is 576. The lowest BCUT2D eigenvalue weighted by Crippen LogP contribution is -2.00. The number of carbonyl (C=O) groups excluding carboxylic acids is 1. The Hall–Kier alpha value is -2.29. The molecule has 0 atom stereocenters. The Kier molecular flexibility index (Phi) is 4.77.